The summed E-state index contributed by atoms with van der Waals surface area (Å²) >= 11 is 0. The van der Waals surface area contributed by atoms with Gasteiger partial charge in [0.25, 0.3) is 0 Å². The second-order valence-corrected chi connectivity index (χ2v) is 11.6. The molecular formula is C30H34FN5O2. The number of nitrogens with one attached hydrogen (secondary N) is 1. The molecule has 1 aromatic carbocycles. The van der Waals surface area contributed by atoms with Crippen molar-refractivity contribution in [1.82, 2.24) is 19.8 Å². The number of carbonyl (C=O) groups excluding carboxylic acids is 1. The van der Waals surface area contributed by atoms with E-state index in [0.29, 0.717) is 32.0 Å². The van der Waals surface area contributed by atoms with Crippen LogP contribution in [-0.2, 0) is 11.3 Å². The average Bonchev–Trinajstić information content (AvgIpc) is 3.18. The maximum absolute atomic E-state index is 14.3. The van der Waals surface area contributed by atoms with Crippen molar-refractivity contribution >= 4 is 28.2 Å². The van der Waals surface area contributed by atoms with Gasteiger partial charge in [-0.2, -0.15) is 0 Å². The van der Waals surface area contributed by atoms with E-state index >= 15 is 0 Å². The summed E-state index contributed by atoms with van der Waals surface area (Å²) in [7, 11) is 3.94. The first kappa shape index (κ1) is 23.9. The third-order valence-corrected chi connectivity index (χ3v) is 9.30. The number of halogens is 1. The molecule has 0 radical (unpaired) electrons. The predicted octanol–water partition coefficient (Wildman–Crippen LogP) is 4.31. The summed E-state index contributed by atoms with van der Waals surface area (Å²) in [5.41, 5.74) is 7.39. The Hall–Kier alpha value is -3.23. The Kier molecular flexibility index (Phi) is 5.60. The number of aliphatic hydroxyl groups excluding tert-OH is 1. The van der Waals surface area contributed by atoms with Crippen molar-refractivity contribution in [1.29, 1.82) is 0 Å². The number of benzene rings is 1. The van der Waals surface area contributed by atoms with E-state index < -0.39 is 0 Å². The van der Waals surface area contributed by atoms with Crippen LogP contribution in [0.2, 0.25) is 0 Å². The minimum atomic E-state index is -0.266. The number of hydrogen-bond donors (Lipinski definition) is 2. The van der Waals surface area contributed by atoms with Crippen LogP contribution in [0.5, 0.6) is 0 Å². The van der Waals surface area contributed by atoms with Gasteiger partial charge in [-0.05, 0) is 67.5 Å². The molecule has 2 fully saturated rings. The molecule has 4 aliphatic rings. The fraction of sp³-hybridized carbons (Fsp3) is 0.467. The molecule has 7 nitrogen and oxygen atoms in total. The van der Waals surface area contributed by atoms with Gasteiger partial charge >= 0.3 is 0 Å². The van der Waals surface area contributed by atoms with Crippen LogP contribution >= 0.6 is 0 Å². The zero-order valence-electron chi connectivity index (χ0n) is 22.0. The molecule has 2 N–H and O–H groups in total. The lowest BCUT2D eigenvalue weighted by Gasteiger charge is -2.46. The topological polar surface area (TPSA) is 75.7 Å². The van der Waals surface area contributed by atoms with Gasteiger partial charge in [-0.3, -0.25) is 9.69 Å². The van der Waals surface area contributed by atoms with Crippen LogP contribution in [-0.4, -0.2) is 75.7 Å². The van der Waals surface area contributed by atoms with E-state index in [-0.39, 0.29) is 29.9 Å². The lowest BCUT2D eigenvalue weighted by molar-refractivity contribution is -0.138. The highest BCUT2D eigenvalue weighted by atomic mass is 19.1. The van der Waals surface area contributed by atoms with Gasteiger partial charge in [0.15, 0.2) is 0 Å². The van der Waals surface area contributed by atoms with E-state index in [2.05, 4.69) is 32.9 Å². The second-order valence-electron chi connectivity index (χ2n) is 11.6. The molecule has 1 aliphatic carbocycles. The smallest absolute Gasteiger partial charge is 0.236 e. The van der Waals surface area contributed by atoms with Crippen LogP contribution in [0.25, 0.3) is 27.7 Å². The fourth-order valence-electron chi connectivity index (χ4n) is 7.11. The highest BCUT2D eigenvalue weighted by Gasteiger charge is 2.39. The Bertz CT molecular complexity index is 1460. The van der Waals surface area contributed by atoms with Crippen molar-refractivity contribution in [2.75, 3.05) is 25.5 Å². The molecule has 0 spiro atoms. The zero-order valence-corrected chi connectivity index (χ0v) is 22.0. The number of nitrogens with zero attached hydrogens (tertiary/aromatic N) is 4. The first-order valence-corrected chi connectivity index (χ1v) is 13.8. The quantitative estimate of drug-likeness (QED) is 0.542. The molecule has 2 aromatic heterocycles. The van der Waals surface area contributed by atoms with E-state index in [9.17, 15) is 14.3 Å². The van der Waals surface area contributed by atoms with Crippen molar-refractivity contribution in [3.63, 3.8) is 0 Å². The van der Waals surface area contributed by atoms with Crippen LogP contribution in [0.3, 0.4) is 0 Å². The number of aromatic nitrogens is 2. The number of aliphatic hydroxyl groups is 1. The minimum absolute atomic E-state index is 0.147. The second kappa shape index (κ2) is 8.92. The number of aromatic amines is 1. The summed E-state index contributed by atoms with van der Waals surface area (Å²) in [4.78, 5) is 27.9. The fourth-order valence-corrected chi connectivity index (χ4v) is 7.11. The Labute approximate surface area is 221 Å². The number of pyridine rings is 1. The third kappa shape index (κ3) is 3.76. The Morgan fingerprint density at radius 1 is 1.24 bits per heavy atom. The van der Waals surface area contributed by atoms with Crippen molar-refractivity contribution in [3.8, 4) is 11.1 Å². The molecule has 7 rings (SSSR count). The molecule has 1 amide bonds. The lowest BCUT2D eigenvalue weighted by atomic mass is 9.83. The van der Waals surface area contributed by atoms with E-state index in [1.54, 1.807) is 12.3 Å². The minimum Gasteiger partial charge on any atom is -0.393 e. The molecule has 198 valence electrons. The molecular weight excluding hydrogens is 481 g/mol. The standard InChI is InChI=1S/C30H34FN5O2/c1-34-15-25-28-23(24-12-18(31)6-7-26(24)34)8-9-32-30(28)33-29(25)17-10-19-4-3-5-20(11-17)36(19)16-27(38)35(2)21-13-22(37)14-21/h6-10,12,19-22,37H,3-5,11,13-16H2,1-2H3,(H,32,33). The molecule has 3 aliphatic heterocycles. The number of amides is 1. The Morgan fingerprint density at radius 2 is 2.08 bits per heavy atom. The number of anilines is 1. The van der Waals surface area contributed by atoms with Crippen LogP contribution in [0.1, 0.15) is 49.8 Å². The van der Waals surface area contributed by atoms with Gasteiger partial charge in [-0.15, -0.1) is 0 Å². The number of likely N-dealkylation sites (N-methyl/N-ethyl adjacent to an activating group) is 1. The van der Waals surface area contributed by atoms with E-state index in [0.717, 1.165) is 52.8 Å². The summed E-state index contributed by atoms with van der Waals surface area (Å²) in [6.07, 6.45) is 9.45. The van der Waals surface area contributed by atoms with Gasteiger partial charge in [-0.1, -0.05) is 12.5 Å². The summed E-state index contributed by atoms with van der Waals surface area (Å²) in [5.74, 6) is -0.0915. The van der Waals surface area contributed by atoms with Crippen LogP contribution in [0.15, 0.2) is 36.5 Å². The molecule has 3 aromatic rings. The maximum Gasteiger partial charge on any atom is 0.236 e. The largest absolute Gasteiger partial charge is 0.393 e. The average molecular weight is 516 g/mol. The molecule has 2 bridgehead atoms. The van der Waals surface area contributed by atoms with E-state index in [1.165, 1.54) is 23.6 Å². The highest BCUT2D eigenvalue weighted by molar-refractivity contribution is 6.02. The molecule has 8 heteroatoms. The van der Waals surface area contributed by atoms with Crippen LogP contribution in [0, 0.1) is 5.82 Å². The molecule has 1 saturated carbocycles. The summed E-state index contributed by atoms with van der Waals surface area (Å²) in [6.45, 7) is 1.14. The molecule has 2 atom stereocenters. The van der Waals surface area contributed by atoms with Crippen molar-refractivity contribution in [2.24, 2.45) is 0 Å². The van der Waals surface area contributed by atoms with Gasteiger partial charge in [-0.25, -0.2) is 9.37 Å². The van der Waals surface area contributed by atoms with E-state index in [1.807, 2.05) is 24.1 Å². The van der Waals surface area contributed by atoms with Gasteiger partial charge in [0.05, 0.1) is 12.6 Å². The van der Waals surface area contributed by atoms with Crippen LogP contribution < -0.4 is 4.90 Å². The Balaban J connectivity index is 1.23. The number of rotatable bonds is 4. The first-order valence-electron chi connectivity index (χ1n) is 13.8. The SMILES string of the molecule is CN1Cc2c(C3=CC4CCCC(C3)N4CC(=O)N(C)C3CC(O)C3)[nH]c3nccc(c23)-c2cc(F)ccc21. The molecule has 1 saturated heterocycles. The van der Waals surface area contributed by atoms with Gasteiger partial charge in [0, 0.05) is 72.9 Å². The third-order valence-electron chi connectivity index (χ3n) is 9.30. The van der Waals surface area contributed by atoms with Crippen molar-refractivity contribution in [2.45, 2.75) is 69.3 Å². The zero-order chi connectivity index (χ0) is 26.1. The summed E-state index contributed by atoms with van der Waals surface area (Å²) in [5, 5.41) is 10.7. The predicted molar refractivity (Wildman–Crippen MR) is 146 cm³/mol. The summed E-state index contributed by atoms with van der Waals surface area (Å²) in [6, 6.07) is 7.72. The monoisotopic (exact) mass is 515 g/mol. The maximum atomic E-state index is 14.3. The Morgan fingerprint density at radius 3 is 2.87 bits per heavy atom. The first-order chi connectivity index (χ1) is 18.4. The van der Waals surface area contributed by atoms with Crippen LogP contribution in [0.4, 0.5) is 10.1 Å². The van der Waals surface area contributed by atoms with E-state index in [4.69, 9.17) is 0 Å². The number of carbonyl (C=O) groups is 1. The summed E-state index contributed by atoms with van der Waals surface area (Å²) < 4.78 is 14.3. The van der Waals surface area contributed by atoms with Crippen molar-refractivity contribution in [3.05, 3.63) is 53.6 Å². The number of fused-ring (bicyclic) bond motifs is 4. The normalized spacial score (nSPS) is 26.4. The number of hydrogen-bond acceptors (Lipinski definition) is 5. The molecule has 2 unspecified atom stereocenters. The lowest BCUT2D eigenvalue weighted by Crippen LogP contribution is -2.55. The highest BCUT2D eigenvalue weighted by Crippen LogP contribution is 2.45. The number of H-pyrrole nitrogens is 1. The van der Waals surface area contributed by atoms with Gasteiger partial charge in [0.1, 0.15) is 11.5 Å². The number of piperidine rings is 1. The van der Waals surface area contributed by atoms with Gasteiger partial charge in [0.2, 0.25) is 5.91 Å². The molecule has 38 heavy (non-hydrogen) atoms. The van der Waals surface area contributed by atoms with Gasteiger partial charge < -0.3 is 19.9 Å². The molecule has 5 heterocycles. The van der Waals surface area contributed by atoms with Crippen molar-refractivity contribution < 1.29 is 14.3 Å².